The molecule has 2 aliphatic rings. The van der Waals surface area contributed by atoms with Crippen LogP contribution in [0.25, 0.3) is 0 Å². The zero-order valence-electron chi connectivity index (χ0n) is 11.4. The van der Waals surface area contributed by atoms with Crippen LogP contribution < -0.4 is 10.6 Å². The van der Waals surface area contributed by atoms with E-state index in [0.717, 1.165) is 37.1 Å². The van der Waals surface area contributed by atoms with E-state index in [2.05, 4.69) is 16.9 Å². The van der Waals surface area contributed by atoms with Gasteiger partial charge >= 0.3 is 0 Å². The van der Waals surface area contributed by atoms with Crippen LogP contribution in [0.15, 0.2) is 0 Å². The molecule has 1 heterocycles. The molecular formula is C14H26N2OS. The van der Waals surface area contributed by atoms with Crippen LogP contribution in [0.1, 0.15) is 44.9 Å². The Labute approximate surface area is 115 Å². The molecule has 1 aliphatic carbocycles. The van der Waals surface area contributed by atoms with Crippen LogP contribution in [0, 0.1) is 5.92 Å². The molecule has 1 saturated heterocycles. The van der Waals surface area contributed by atoms with Crippen molar-refractivity contribution in [3.05, 3.63) is 0 Å². The minimum Gasteiger partial charge on any atom is -0.353 e. The van der Waals surface area contributed by atoms with Gasteiger partial charge in [-0.2, -0.15) is 11.8 Å². The maximum Gasteiger partial charge on any atom is 0.220 e. The number of thioether (sulfide) groups is 1. The van der Waals surface area contributed by atoms with Crippen LogP contribution in [0.4, 0.5) is 0 Å². The van der Waals surface area contributed by atoms with Crippen LogP contribution in [-0.4, -0.2) is 36.5 Å². The number of piperidine rings is 1. The van der Waals surface area contributed by atoms with E-state index in [0.29, 0.717) is 6.04 Å². The SMILES string of the molecule is CSC1CCC(NC(=O)CCC2CCNCC2)C1. The molecule has 1 amide bonds. The minimum absolute atomic E-state index is 0.278. The van der Waals surface area contributed by atoms with Gasteiger partial charge in [0, 0.05) is 17.7 Å². The summed E-state index contributed by atoms with van der Waals surface area (Å²) in [4.78, 5) is 11.9. The first kappa shape index (κ1) is 14.2. The number of hydrogen-bond donors (Lipinski definition) is 2. The van der Waals surface area contributed by atoms with Gasteiger partial charge in [-0.3, -0.25) is 4.79 Å². The van der Waals surface area contributed by atoms with Crippen molar-refractivity contribution < 1.29 is 4.79 Å². The Bertz CT molecular complexity index is 267. The Morgan fingerprint density at radius 1 is 1.28 bits per heavy atom. The summed E-state index contributed by atoms with van der Waals surface area (Å²) in [6.07, 6.45) is 10.1. The van der Waals surface area contributed by atoms with Crippen LogP contribution in [0.2, 0.25) is 0 Å². The summed E-state index contributed by atoms with van der Waals surface area (Å²) in [6, 6.07) is 0.447. The van der Waals surface area contributed by atoms with Crippen molar-refractivity contribution in [2.24, 2.45) is 5.92 Å². The van der Waals surface area contributed by atoms with Gasteiger partial charge in [0.25, 0.3) is 0 Å². The molecule has 0 bridgehead atoms. The molecule has 0 aromatic rings. The molecule has 0 spiro atoms. The van der Waals surface area contributed by atoms with E-state index in [1.54, 1.807) is 0 Å². The second-order valence-corrected chi connectivity index (χ2v) is 6.81. The van der Waals surface area contributed by atoms with Crippen LogP contribution in [0.5, 0.6) is 0 Å². The maximum absolute atomic E-state index is 11.9. The summed E-state index contributed by atoms with van der Waals surface area (Å²) in [5.41, 5.74) is 0. The topological polar surface area (TPSA) is 41.1 Å². The van der Waals surface area contributed by atoms with Crippen LogP contribution in [0.3, 0.4) is 0 Å². The lowest BCUT2D eigenvalue weighted by Crippen LogP contribution is -2.34. The van der Waals surface area contributed by atoms with E-state index in [1.165, 1.54) is 32.1 Å². The molecular weight excluding hydrogens is 244 g/mol. The first-order valence-electron chi connectivity index (χ1n) is 7.31. The molecule has 2 rings (SSSR count). The Balaban J connectivity index is 1.60. The standard InChI is InChI=1S/C14H26N2OS/c1-18-13-4-3-12(10-13)16-14(17)5-2-11-6-8-15-9-7-11/h11-13,15H,2-10H2,1H3,(H,16,17). The van der Waals surface area contributed by atoms with Crippen LogP contribution >= 0.6 is 11.8 Å². The van der Waals surface area contributed by atoms with E-state index in [1.807, 2.05) is 11.8 Å². The zero-order chi connectivity index (χ0) is 12.8. The second-order valence-electron chi connectivity index (χ2n) is 5.67. The van der Waals surface area contributed by atoms with Gasteiger partial charge in [0.1, 0.15) is 0 Å². The second kappa shape index (κ2) is 7.39. The minimum atomic E-state index is 0.278. The molecule has 1 aliphatic heterocycles. The van der Waals surface area contributed by atoms with Gasteiger partial charge in [-0.1, -0.05) is 0 Å². The van der Waals surface area contributed by atoms with Crippen molar-refractivity contribution >= 4 is 17.7 Å². The average Bonchev–Trinajstić information content (AvgIpc) is 2.85. The van der Waals surface area contributed by atoms with Crippen molar-refractivity contribution in [1.82, 2.24) is 10.6 Å². The summed E-state index contributed by atoms with van der Waals surface area (Å²) in [5, 5.41) is 7.35. The predicted molar refractivity (Wildman–Crippen MR) is 77.9 cm³/mol. The van der Waals surface area contributed by atoms with Gasteiger partial charge in [0.05, 0.1) is 0 Å². The van der Waals surface area contributed by atoms with E-state index in [4.69, 9.17) is 0 Å². The maximum atomic E-state index is 11.9. The highest BCUT2D eigenvalue weighted by Crippen LogP contribution is 2.28. The monoisotopic (exact) mass is 270 g/mol. The Morgan fingerprint density at radius 3 is 2.72 bits per heavy atom. The summed E-state index contributed by atoms with van der Waals surface area (Å²) in [7, 11) is 0. The molecule has 0 aromatic carbocycles. The van der Waals surface area contributed by atoms with Crippen molar-refractivity contribution in [2.75, 3.05) is 19.3 Å². The Morgan fingerprint density at radius 2 is 2.06 bits per heavy atom. The molecule has 2 unspecified atom stereocenters. The Hall–Kier alpha value is -0.220. The largest absolute Gasteiger partial charge is 0.353 e. The van der Waals surface area contributed by atoms with Crippen molar-refractivity contribution in [3.8, 4) is 0 Å². The lowest BCUT2D eigenvalue weighted by atomic mass is 9.93. The molecule has 4 heteroatoms. The van der Waals surface area contributed by atoms with Gasteiger partial charge in [0.2, 0.25) is 5.91 Å². The summed E-state index contributed by atoms with van der Waals surface area (Å²) in [5.74, 6) is 1.04. The third-order valence-corrected chi connectivity index (χ3v) is 5.42. The summed E-state index contributed by atoms with van der Waals surface area (Å²) in [6.45, 7) is 2.26. The van der Waals surface area contributed by atoms with Gasteiger partial charge in [0.15, 0.2) is 0 Å². The lowest BCUT2D eigenvalue weighted by molar-refractivity contribution is -0.122. The van der Waals surface area contributed by atoms with Gasteiger partial charge in [-0.25, -0.2) is 0 Å². The van der Waals surface area contributed by atoms with Crippen molar-refractivity contribution in [1.29, 1.82) is 0 Å². The van der Waals surface area contributed by atoms with E-state index < -0.39 is 0 Å². The summed E-state index contributed by atoms with van der Waals surface area (Å²) < 4.78 is 0. The molecule has 0 aromatic heterocycles. The molecule has 2 N–H and O–H groups in total. The third-order valence-electron chi connectivity index (χ3n) is 4.32. The normalized spacial score (nSPS) is 29.4. The fourth-order valence-corrected chi connectivity index (χ4v) is 3.89. The van der Waals surface area contributed by atoms with Crippen LogP contribution in [-0.2, 0) is 4.79 Å². The molecule has 2 atom stereocenters. The molecule has 104 valence electrons. The quantitative estimate of drug-likeness (QED) is 0.804. The van der Waals surface area contributed by atoms with E-state index in [9.17, 15) is 4.79 Å². The first-order chi connectivity index (χ1) is 8.78. The van der Waals surface area contributed by atoms with Crippen molar-refractivity contribution in [3.63, 3.8) is 0 Å². The number of nitrogens with one attached hydrogen (secondary N) is 2. The number of carbonyl (C=O) groups excluding carboxylic acids is 1. The Kier molecular flexibility index (Phi) is 5.83. The number of hydrogen-bond acceptors (Lipinski definition) is 3. The fraction of sp³-hybridized carbons (Fsp3) is 0.929. The number of rotatable bonds is 5. The molecule has 1 saturated carbocycles. The first-order valence-corrected chi connectivity index (χ1v) is 8.59. The van der Waals surface area contributed by atoms with Gasteiger partial charge in [-0.15, -0.1) is 0 Å². The number of carbonyl (C=O) groups is 1. The molecule has 0 radical (unpaired) electrons. The van der Waals surface area contributed by atoms with E-state index in [-0.39, 0.29) is 5.91 Å². The van der Waals surface area contributed by atoms with Gasteiger partial charge in [-0.05, 0) is 63.8 Å². The smallest absolute Gasteiger partial charge is 0.220 e. The number of amides is 1. The average molecular weight is 270 g/mol. The highest BCUT2D eigenvalue weighted by molar-refractivity contribution is 7.99. The van der Waals surface area contributed by atoms with Gasteiger partial charge < -0.3 is 10.6 Å². The summed E-state index contributed by atoms with van der Waals surface area (Å²) >= 11 is 1.94. The molecule has 3 nitrogen and oxygen atoms in total. The molecule has 18 heavy (non-hydrogen) atoms. The molecule has 2 fully saturated rings. The fourth-order valence-electron chi connectivity index (χ4n) is 3.09. The van der Waals surface area contributed by atoms with E-state index >= 15 is 0 Å². The third kappa shape index (κ3) is 4.47. The lowest BCUT2D eigenvalue weighted by Gasteiger charge is -2.22. The highest BCUT2D eigenvalue weighted by atomic mass is 32.2. The predicted octanol–water partition coefficient (Wildman–Crippen LogP) is 2.17. The highest BCUT2D eigenvalue weighted by Gasteiger charge is 2.25. The van der Waals surface area contributed by atoms with Crippen molar-refractivity contribution in [2.45, 2.75) is 56.2 Å². The zero-order valence-corrected chi connectivity index (χ0v) is 12.2.